The van der Waals surface area contributed by atoms with E-state index in [1.165, 1.54) is 0 Å². The topological polar surface area (TPSA) is 92.3 Å². The zero-order valence-corrected chi connectivity index (χ0v) is 26.9. The van der Waals surface area contributed by atoms with Gasteiger partial charge in [0.2, 0.25) is 0 Å². The molecule has 0 bridgehead atoms. The highest BCUT2D eigenvalue weighted by atomic mass is 16.7. The van der Waals surface area contributed by atoms with Crippen LogP contribution in [-0.2, 0) is 37.9 Å². The molecular formula is C38H42O10. The van der Waals surface area contributed by atoms with E-state index in [0.717, 1.165) is 21.9 Å². The summed E-state index contributed by atoms with van der Waals surface area (Å²) >= 11 is 0. The Morgan fingerprint density at radius 3 is 1.29 bits per heavy atom. The van der Waals surface area contributed by atoms with Gasteiger partial charge in [-0.25, -0.2) is 0 Å². The number of ether oxygens (including phenoxy) is 10. The fourth-order valence-electron chi connectivity index (χ4n) is 6.09. The second-order valence-corrected chi connectivity index (χ2v) is 11.7. The molecule has 2 fully saturated rings. The Hall–Kier alpha value is -3.58. The van der Waals surface area contributed by atoms with Crippen molar-refractivity contribution in [1.82, 2.24) is 0 Å². The monoisotopic (exact) mass is 658 g/mol. The maximum absolute atomic E-state index is 6.65. The van der Waals surface area contributed by atoms with Gasteiger partial charge in [0.15, 0.2) is 24.1 Å². The maximum Gasteiger partial charge on any atom is 0.184 e. The van der Waals surface area contributed by atoms with E-state index < -0.39 is 37.0 Å². The van der Waals surface area contributed by atoms with E-state index in [-0.39, 0.29) is 0 Å². The van der Waals surface area contributed by atoms with Crippen molar-refractivity contribution in [3.05, 3.63) is 108 Å². The third kappa shape index (κ3) is 8.34. The SMILES string of the molecule is c1ccc([C@@H]2OC[C@H]3OCCOCCOc4cc5ccccc5cc4OCCOCCO[C@H]4CO[C@H](c5ccccc5)O[C@H]4[C@@H]3O2)cc1. The Bertz CT molecular complexity index is 1440. The third-order valence-corrected chi connectivity index (χ3v) is 8.49. The molecule has 0 aliphatic carbocycles. The Kier molecular flexibility index (Phi) is 11.5. The van der Waals surface area contributed by atoms with Crippen molar-refractivity contribution in [2.45, 2.75) is 37.0 Å². The molecule has 10 heteroatoms. The second kappa shape index (κ2) is 16.7. The van der Waals surface area contributed by atoms with Crippen molar-refractivity contribution >= 4 is 10.8 Å². The highest BCUT2D eigenvalue weighted by Crippen LogP contribution is 2.37. The van der Waals surface area contributed by atoms with E-state index in [0.29, 0.717) is 77.6 Å². The standard InChI is InChI=1S/C38H42O10/c1-3-9-27(10-4-1)37-45-25-33-35(47-37)36-34(26-46-38(48-36)28-11-5-2-6-12-28)44-22-18-40-16-20-42-32-24-30-14-8-7-13-29(30)23-31(32)41-19-15-39-17-21-43-33/h1-14,23-24,33-38H,15-22,25-26H2/t33-,34+,35-,36-,37-,38+/m1/s1. The number of rotatable bonds is 2. The number of hydrogen-bond acceptors (Lipinski definition) is 10. The molecule has 254 valence electrons. The van der Waals surface area contributed by atoms with Crippen molar-refractivity contribution in [3.63, 3.8) is 0 Å². The molecule has 48 heavy (non-hydrogen) atoms. The van der Waals surface area contributed by atoms with Crippen LogP contribution in [0.2, 0.25) is 0 Å². The Morgan fingerprint density at radius 2 is 0.833 bits per heavy atom. The summed E-state index contributed by atoms with van der Waals surface area (Å²) in [5.74, 6) is 1.33. The number of fused-ring (bicyclic) bond motifs is 5. The van der Waals surface area contributed by atoms with Gasteiger partial charge in [0.25, 0.3) is 0 Å². The molecule has 3 aliphatic rings. The first-order valence-electron chi connectivity index (χ1n) is 16.6. The lowest BCUT2D eigenvalue weighted by Crippen LogP contribution is -2.57. The van der Waals surface area contributed by atoms with Gasteiger partial charge in [-0.15, -0.1) is 0 Å². The summed E-state index contributed by atoms with van der Waals surface area (Å²) in [7, 11) is 0. The highest BCUT2D eigenvalue weighted by molar-refractivity contribution is 5.86. The minimum atomic E-state index is -0.583. The third-order valence-electron chi connectivity index (χ3n) is 8.49. The average molecular weight is 659 g/mol. The molecule has 6 atom stereocenters. The van der Waals surface area contributed by atoms with E-state index in [4.69, 9.17) is 47.4 Å². The van der Waals surface area contributed by atoms with Crippen LogP contribution in [0.5, 0.6) is 11.5 Å². The van der Waals surface area contributed by atoms with Gasteiger partial charge in [-0.2, -0.15) is 0 Å². The van der Waals surface area contributed by atoms with Gasteiger partial charge in [0.05, 0.1) is 52.9 Å². The molecular weight excluding hydrogens is 616 g/mol. The molecule has 0 amide bonds. The molecule has 0 saturated carbocycles. The molecule has 0 aromatic heterocycles. The normalized spacial score (nSPS) is 28.1. The summed E-state index contributed by atoms with van der Waals surface area (Å²) < 4.78 is 62.4. The van der Waals surface area contributed by atoms with E-state index in [1.807, 2.05) is 84.9 Å². The van der Waals surface area contributed by atoms with Gasteiger partial charge in [-0.3, -0.25) is 0 Å². The zero-order chi connectivity index (χ0) is 32.4. The quantitative estimate of drug-likeness (QED) is 0.269. The Balaban J connectivity index is 1.07. The van der Waals surface area contributed by atoms with Crippen LogP contribution in [0.4, 0.5) is 0 Å². The van der Waals surface area contributed by atoms with Crippen molar-refractivity contribution in [1.29, 1.82) is 0 Å². The first-order valence-corrected chi connectivity index (χ1v) is 16.6. The van der Waals surface area contributed by atoms with Crippen molar-refractivity contribution in [2.75, 3.05) is 66.1 Å². The van der Waals surface area contributed by atoms with Gasteiger partial charge in [-0.05, 0) is 22.9 Å². The summed E-state index contributed by atoms with van der Waals surface area (Å²) in [4.78, 5) is 0. The van der Waals surface area contributed by atoms with Crippen molar-refractivity contribution in [3.8, 4) is 11.5 Å². The van der Waals surface area contributed by atoms with Crippen LogP contribution in [0, 0.1) is 0 Å². The van der Waals surface area contributed by atoms with Gasteiger partial charge < -0.3 is 47.4 Å². The van der Waals surface area contributed by atoms with Gasteiger partial charge in [-0.1, -0.05) is 84.9 Å². The van der Waals surface area contributed by atoms with Crippen LogP contribution in [0.25, 0.3) is 10.8 Å². The molecule has 10 nitrogen and oxygen atoms in total. The van der Waals surface area contributed by atoms with Crippen molar-refractivity contribution in [2.24, 2.45) is 0 Å². The zero-order valence-electron chi connectivity index (χ0n) is 26.9. The summed E-state index contributed by atoms with van der Waals surface area (Å²) in [5, 5.41) is 2.14. The van der Waals surface area contributed by atoms with Crippen LogP contribution in [0.15, 0.2) is 97.1 Å². The Morgan fingerprint density at radius 1 is 0.417 bits per heavy atom. The molecule has 0 radical (unpaired) electrons. The first kappa shape index (κ1) is 32.9. The van der Waals surface area contributed by atoms with E-state index in [9.17, 15) is 0 Å². The smallest absolute Gasteiger partial charge is 0.184 e. The summed E-state index contributed by atoms with van der Waals surface area (Å²) in [6, 6.07) is 31.8. The van der Waals surface area contributed by atoms with Crippen molar-refractivity contribution < 1.29 is 47.4 Å². The maximum atomic E-state index is 6.65. The van der Waals surface area contributed by atoms with Gasteiger partial charge in [0.1, 0.15) is 37.6 Å². The summed E-state index contributed by atoms with van der Waals surface area (Å²) in [6.07, 6.45) is -3.07. The minimum absolute atomic E-state index is 0.310. The van der Waals surface area contributed by atoms with Crippen LogP contribution in [0.3, 0.4) is 0 Å². The van der Waals surface area contributed by atoms with Gasteiger partial charge in [0, 0.05) is 11.1 Å². The first-order chi connectivity index (χ1) is 23.8. The molecule has 4 aromatic carbocycles. The fraction of sp³-hybridized carbons (Fsp3) is 0.421. The Labute approximate surface area is 280 Å². The van der Waals surface area contributed by atoms with Crippen LogP contribution >= 0.6 is 0 Å². The number of benzene rings is 4. The lowest BCUT2D eigenvalue weighted by atomic mass is 10.00. The van der Waals surface area contributed by atoms with Crippen LogP contribution in [0.1, 0.15) is 23.7 Å². The van der Waals surface area contributed by atoms with Gasteiger partial charge >= 0.3 is 0 Å². The summed E-state index contributed by atoms with van der Waals surface area (Å²) in [6.45, 7) is 3.51. The fourth-order valence-corrected chi connectivity index (χ4v) is 6.09. The van der Waals surface area contributed by atoms with E-state index in [1.54, 1.807) is 0 Å². The molecule has 2 saturated heterocycles. The molecule has 4 aromatic rings. The molecule has 0 spiro atoms. The lowest BCUT2D eigenvalue weighted by molar-refractivity contribution is -0.340. The molecule has 3 heterocycles. The molecule has 7 rings (SSSR count). The highest BCUT2D eigenvalue weighted by Gasteiger charge is 2.46. The predicted molar refractivity (Wildman–Crippen MR) is 176 cm³/mol. The van der Waals surface area contributed by atoms with E-state index in [2.05, 4.69) is 12.1 Å². The number of hydrogen-bond donors (Lipinski definition) is 0. The predicted octanol–water partition coefficient (Wildman–Crippen LogP) is 5.64. The minimum Gasteiger partial charge on any atom is -0.487 e. The van der Waals surface area contributed by atoms with E-state index >= 15 is 0 Å². The molecule has 0 N–H and O–H groups in total. The summed E-state index contributed by atoms with van der Waals surface area (Å²) in [5.41, 5.74) is 1.83. The van der Waals surface area contributed by atoms with Crippen LogP contribution < -0.4 is 9.47 Å². The second-order valence-electron chi connectivity index (χ2n) is 11.7. The van der Waals surface area contributed by atoms with Crippen LogP contribution in [-0.4, -0.2) is 90.5 Å². The molecule has 3 aliphatic heterocycles. The lowest BCUT2D eigenvalue weighted by Gasteiger charge is -2.45. The largest absolute Gasteiger partial charge is 0.487 e. The molecule has 0 unspecified atom stereocenters. The average Bonchev–Trinajstić information content (AvgIpc) is 3.14.